The number of hydrogen-bond acceptors (Lipinski definition) is 6. The van der Waals surface area contributed by atoms with Crippen LogP contribution in [0.5, 0.6) is 0 Å². The van der Waals surface area contributed by atoms with Crippen molar-refractivity contribution < 1.29 is 33.1 Å². The molecule has 0 unspecified atom stereocenters. The van der Waals surface area contributed by atoms with Gasteiger partial charge < -0.3 is 14.7 Å². The van der Waals surface area contributed by atoms with Crippen LogP contribution in [0.3, 0.4) is 0 Å². The fourth-order valence-corrected chi connectivity index (χ4v) is 6.38. The molecule has 28 heavy (non-hydrogen) atoms. The Labute approximate surface area is 179 Å². The van der Waals surface area contributed by atoms with Gasteiger partial charge in [0.15, 0.2) is 0 Å². The third-order valence-corrected chi connectivity index (χ3v) is 8.31. The first kappa shape index (κ1) is 19.8. The molecule has 0 aromatic carbocycles. The van der Waals surface area contributed by atoms with Gasteiger partial charge in [-0.3, -0.25) is 9.59 Å². The van der Waals surface area contributed by atoms with Crippen molar-refractivity contribution in [1.82, 2.24) is 17.5 Å². The zero-order valence-electron chi connectivity index (χ0n) is 17.0. The maximum atomic E-state index is 12.4. The molecule has 6 nitrogen and oxygen atoms in total. The quantitative estimate of drug-likeness (QED) is 0.441. The first-order chi connectivity index (χ1) is 13.5. The van der Waals surface area contributed by atoms with Crippen LogP contribution < -0.4 is 0 Å². The number of rotatable bonds is 6. The number of carbonyl (C=O) groups is 2. The molecule has 148 valence electrons. The van der Waals surface area contributed by atoms with E-state index in [0.717, 1.165) is 39.3 Å². The summed E-state index contributed by atoms with van der Waals surface area (Å²) in [6.07, 6.45) is 8.60. The molecule has 0 spiro atoms. The van der Waals surface area contributed by atoms with Gasteiger partial charge in [0, 0.05) is 45.3 Å². The van der Waals surface area contributed by atoms with Gasteiger partial charge in [-0.2, -0.15) is 0 Å². The second-order valence-corrected chi connectivity index (χ2v) is 12.1. The summed E-state index contributed by atoms with van der Waals surface area (Å²) < 4.78 is 4.17. The number of nitrogens with zero attached hydrogens (tertiary/aromatic N) is 4. The van der Waals surface area contributed by atoms with Crippen LogP contribution in [-0.4, -0.2) is 82.5 Å². The number of carbonyl (C=O) groups excluding carboxylic acids is 2. The molecule has 0 aromatic heterocycles. The van der Waals surface area contributed by atoms with Gasteiger partial charge in [-0.25, -0.2) is 0 Å². The topological polar surface area (TPSA) is 46.4 Å². The van der Waals surface area contributed by atoms with Gasteiger partial charge >= 0.3 is 81.2 Å². The molecule has 3 aliphatic heterocycles. The van der Waals surface area contributed by atoms with Gasteiger partial charge in [0.1, 0.15) is 11.4 Å². The molecule has 3 heterocycles. The van der Waals surface area contributed by atoms with E-state index in [2.05, 4.69) is 36.0 Å². The summed E-state index contributed by atoms with van der Waals surface area (Å²) in [6, 6.07) is 0. The van der Waals surface area contributed by atoms with Crippen LogP contribution in [-0.2, 0) is 33.1 Å². The predicted octanol–water partition coefficient (Wildman–Crippen LogP) is 1.35. The molecule has 0 bridgehead atoms. The molecular weight excluding hydrogens is 431 g/mol. The second kappa shape index (κ2) is 8.12. The van der Waals surface area contributed by atoms with Crippen LogP contribution in [0.25, 0.3) is 0 Å². The van der Waals surface area contributed by atoms with Gasteiger partial charge in [-0.1, -0.05) is 0 Å². The molecule has 0 saturated carbocycles. The molecule has 5 aliphatic rings. The van der Waals surface area contributed by atoms with Gasteiger partial charge in [0.05, 0.1) is 5.70 Å². The van der Waals surface area contributed by atoms with E-state index in [1.54, 1.807) is 8.85 Å². The summed E-state index contributed by atoms with van der Waals surface area (Å²) in [6.45, 7) is 7.66. The average Bonchev–Trinajstić information content (AvgIpc) is 3.52. The second-order valence-electron chi connectivity index (χ2n) is 7.85. The Morgan fingerprint density at radius 1 is 0.964 bits per heavy atom. The molecule has 0 amide bonds. The maximum absolute atomic E-state index is 12.4. The van der Waals surface area contributed by atoms with E-state index in [1.807, 2.05) is 14.7 Å². The summed E-state index contributed by atoms with van der Waals surface area (Å²) in [5.41, 5.74) is 3.50. The Morgan fingerprint density at radius 2 is 1.57 bits per heavy atom. The molecule has 3 fully saturated rings. The van der Waals surface area contributed by atoms with E-state index < -0.39 is 0 Å². The minimum atomic E-state index is -0.356. The van der Waals surface area contributed by atoms with E-state index >= 15 is 0 Å². The normalized spacial score (nSPS) is 22.7. The summed E-state index contributed by atoms with van der Waals surface area (Å²) in [7, 11) is 4.40. The smallest absolute Gasteiger partial charge is 0.227 e. The van der Waals surface area contributed by atoms with Crippen molar-refractivity contribution in [2.24, 2.45) is 0 Å². The van der Waals surface area contributed by atoms with Crippen LogP contribution in [0, 0.1) is 0 Å². The number of allylic oxidation sites excluding steroid dienone is 5. The van der Waals surface area contributed by atoms with Crippen LogP contribution in [0.4, 0.5) is 0 Å². The molecule has 7 heteroatoms. The van der Waals surface area contributed by atoms with Crippen LogP contribution in [0.2, 0.25) is 0 Å². The zero-order chi connectivity index (χ0) is 19.8. The monoisotopic (exact) mass is 458 g/mol. The van der Waals surface area contributed by atoms with Crippen molar-refractivity contribution in [3.8, 4) is 0 Å². The summed E-state index contributed by atoms with van der Waals surface area (Å²) in [5.74, 6) is 0.0485. The fourth-order valence-electron chi connectivity index (χ4n) is 3.54. The largest absolute Gasteiger partial charge is 0.365 e. The van der Waals surface area contributed by atoms with Gasteiger partial charge in [0.2, 0.25) is 11.6 Å². The molecule has 5 rings (SSSR count). The molecule has 0 aromatic rings. The van der Waals surface area contributed by atoms with Crippen molar-refractivity contribution in [2.45, 2.75) is 19.8 Å². The Balaban J connectivity index is 0.000000153. The van der Waals surface area contributed by atoms with Gasteiger partial charge in [-0.05, 0) is 0 Å². The first-order valence-corrected chi connectivity index (χ1v) is 12.4. The Hall–Kier alpha value is -1.46. The average molecular weight is 460 g/mol. The third kappa shape index (κ3) is 4.41. The number of hydrogen-bond donors (Lipinski definition) is 0. The van der Waals surface area contributed by atoms with Crippen molar-refractivity contribution in [3.63, 3.8) is 0 Å². The van der Waals surface area contributed by atoms with Crippen LogP contribution in [0.1, 0.15) is 19.8 Å². The minimum Gasteiger partial charge on any atom is -0.365 e. The van der Waals surface area contributed by atoms with Crippen molar-refractivity contribution in [2.75, 3.05) is 53.4 Å². The van der Waals surface area contributed by atoms with E-state index in [4.69, 9.17) is 0 Å². The Bertz CT molecular complexity index is 812. The standard InChI is InChI=1S/C12H13N3O2.C7H9.C2H6N.Zr/c16-9-7-8(13-1-2-13)12(17)11(15-5-6-15)10(9)14-3-4-14;1-2-7-5-3-4-6-7;1-3-2;/h7H,1-6H2;3,5H,2,4H2,1H3;1-2H3;/q;;-1;+1. The summed E-state index contributed by atoms with van der Waals surface area (Å²) in [5, 5.41) is 0. The van der Waals surface area contributed by atoms with E-state index in [9.17, 15) is 9.59 Å². The van der Waals surface area contributed by atoms with Crippen molar-refractivity contribution in [1.29, 1.82) is 0 Å². The maximum Gasteiger partial charge on any atom is 0.227 e. The van der Waals surface area contributed by atoms with E-state index in [1.165, 1.54) is 18.9 Å². The molecular formula is C21H28N4O2Zr. The minimum absolute atomic E-state index is 0.00546. The van der Waals surface area contributed by atoms with E-state index in [0.29, 0.717) is 17.1 Å². The van der Waals surface area contributed by atoms with Crippen LogP contribution >= 0.6 is 0 Å². The zero-order valence-corrected chi connectivity index (χ0v) is 19.5. The molecule has 0 radical (unpaired) electrons. The molecule has 2 aliphatic carbocycles. The number of Topliss-reactive ketones (excluding diaryl/α,β-unsaturated/α-hetero) is 1. The summed E-state index contributed by atoms with van der Waals surface area (Å²) in [4.78, 5) is 30.5. The molecule has 0 N–H and O–H groups in total. The first-order valence-electron chi connectivity index (χ1n) is 10.1. The SMILES string of the molecule is CCC1=[C]([Zr][N](C)C)CC=C1.O=C1C=C(N2CC2)C(=O)C(N2CC2)=C1N1CC1. The third-order valence-electron chi connectivity index (χ3n) is 5.26. The Morgan fingerprint density at radius 3 is 2.11 bits per heavy atom. The number of ketones is 2. The molecule has 0 atom stereocenters. The van der Waals surface area contributed by atoms with Gasteiger partial charge in [-0.15, -0.1) is 0 Å². The predicted molar refractivity (Wildman–Crippen MR) is 105 cm³/mol. The fraction of sp³-hybridized carbons (Fsp3) is 0.524. The van der Waals surface area contributed by atoms with Crippen LogP contribution in [0.15, 0.2) is 44.2 Å². The van der Waals surface area contributed by atoms with Crippen molar-refractivity contribution >= 4 is 11.6 Å². The van der Waals surface area contributed by atoms with Crippen molar-refractivity contribution in [3.05, 3.63) is 44.2 Å². The van der Waals surface area contributed by atoms with E-state index in [-0.39, 0.29) is 35.1 Å². The molecule has 3 saturated heterocycles. The van der Waals surface area contributed by atoms with Gasteiger partial charge in [0.25, 0.3) is 0 Å². The Kier molecular flexibility index (Phi) is 5.75. The summed E-state index contributed by atoms with van der Waals surface area (Å²) >= 11 is -0.356.